The van der Waals surface area contributed by atoms with Crippen molar-refractivity contribution in [3.05, 3.63) is 23.5 Å². The number of aromatic nitrogens is 3. The second-order valence-electron chi connectivity index (χ2n) is 7.50. The lowest BCUT2D eigenvalue weighted by molar-refractivity contribution is -0.139. The molecule has 0 saturated heterocycles. The topological polar surface area (TPSA) is 100 Å². The van der Waals surface area contributed by atoms with E-state index in [1.807, 2.05) is 13.2 Å². The van der Waals surface area contributed by atoms with Gasteiger partial charge in [0.1, 0.15) is 10.7 Å². The van der Waals surface area contributed by atoms with E-state index in [0.29, 0.717) is 11.6 Å². The maximum atomic E-state index is 12.4. The van der Waals surface area contributed by atoms with E-state index in [1.165, 1.54) is 24.2 Å². The van der Waals surface area contributed by atoms with Gasteiger partial charge in [-0.05, 0) is 31.6 Å². The van der Waals surface area contributed by atoms with Crippen LogP contribution in [0.25, 0.3) is 10.6 Å². The number of hydrogen-bond donors (Lipinski definition) is 2. The Bertz CT molecular complexity index is 838. The Morgan fingerprint density at radius 3 is 2.81 bits per heavy atom. The molecule has 2 N–H and O–H groups in total. The van der Waals surface area contributed by atoms with Gasteiger partial charge in [0.25, 0.3) is 5.91 Å². The van der Waals surface area contributed by atoms with Crippen molar-refractivity contribution in [2.75, 3.05) is 13.1 Å². The number of carbonyl (C=O) groups excluding carboxylic acids is 1. The van der Waals surface area contributed by atoms with Gasteiger partial charge in [0.05, 0.1) is 12.7 Å². The van der Waals surface area contributed by atoms with Crippen molar-refractivity contribution >= 4 is 23.2 Å². The summed E-state index contributed by atoms with van der Waals surface area (Å²) in [6.45, 7) is 0.945. The van der Waals surface area contributed by atoms with Gasteiger partial charge in [-0.1, -0.05) is 0 Å². The van der Waals surface area contributed by atoms with E-state index >= 15 is 0 Å². The van der Waals surface area contributed by atoms with Gasteiger partial charge >= 0.3 is 5.97 Å². The van der Waals surface area contributed by atoms with Crippen molar-refractivity contribution in [2.45, 2.75) is 37.8 Å². The first-order valence-electron chi connectivity index (χ1n) is 9.19. The zero-order valence-corrected chi connectivity index (χ0v) is 16.0. The van der Waals surface area contributed by atoms with Crippen molar-refractivity contribution in [2.24, 2.45) is 13.0 Å². The average Bonchev–Trinajstić information content (AvgIpc) is 3.07. The maximum absolute atomic E-state index is 12.4. The number of aryl methyl sites for hydroxylation is 1. The van der Waals surface area contributed by atoms with Crippen molar-refractivity contribution < 1.29 is 14.7 Å². The summed E-state index contributed by atoms with van der Waals surface area (Å²) in [5.41, 5.74) is 1.32. The van der Waals surface area contributed by atoms with E-state index in [0.717, 1.165) is 30.0 Å². The van der Waals surface area contributed by atoms with Crippen LogP contribution in [0.1, 0.15) is 36.2 Å². The molecule has 2 heterocycles. The van der Waals surface area contributed by atoms with Crippen molar-refractivity contribution in [1.29, 1.82) is 0 Å². The van der Waals surface area contributed by atoms with Crippen LogP contribution in [0.5, 0.6) is 0 Å². The van der Waals surface area contributed by atoms with Crippen LogP contribution in [0.3, 0.4) is 0 Å². The smallest absolute Gasteiger partial charge is 0.317 e. The average molecular weight is 389 g/mol. The van der Waals surface area contributed by atoms with Crippen LogP contribution in [-0.2, 0) is 11.8 Å². The molecule has 2 aromatic rings. The SMILES string of the molecule is Cn1cc(-c2nc(C(=O)NC3CC(N(CC(=O)O)CC4CC4)C3)cs2)cn1. The van der Waals surface area contributed by atoms with Gasteiger partial charge in [-0.2, -0.15) is 5.10 Å². The first-order chi connectivity index (χ1) is 13.0. The fourth-order valence-electron chi connectivity index (χ4n) is 3.45. The van der Waals surface area contributed by atoms with Gasteiger partial charge in [0.15, 0.2) is 0 Å². The first kappa shape index (κ1) is 18.1. The number of amides is 1. The van der Waals surface area contributed by atoms with Gasteiger partial charge in [0.2, 0.25) is 0 Å². The number of rotatable bonds is 8. The van der Waals surface area contributed by atoms with Crippen LogP contribution < -0.4 is 5.32 Å². The predicted octanol–water partition coefficient (Wildman–Crippen LogP) is 1.60. The molecule has 0 aliphatic heterocycles. The highest BCUT2D eigenvalue weighted by Crippen LogP contribution is 2.34. The predicted molar refractivity (Wildman–Crippen MR) is 101 cm³/mol. The summed E-state index contributed by atoms with van der Waals surface area (Å²) in [6.07, 6.45) is 7.59. The van der Waals surface area contributed by atoms with Crippen LogP contribution in [0.4, 0.5) is 0 Å². The van der Waals surface area contributed by atoms with E-state index in [-0.39, 0.29) is 24.5 Å². The van der Waals surface area contributed by atoms with Crippen LogP contribution in [0, 0.1) is 5.92 Å². The van der Waals surface area contributed by atoms with Gasteiger partial charge < -0.3 is 10.4 Å². The molecule has 2 aliphatic carbocycles. The van der Waals surface area contributed by atoms with E-state index in [2.05, 4.69) is 20.3 Å². The Labute approximate surface area is 161 Å². The molecule has 4 rings (SSSR count). The molecule has 2 saturated carbocycles. The summed E-state index contributed by atoms with van der Waals surface area (Å²) < 4.78 is 1.70. The molecule has 2 aliphatic rings. The molecule has 0 radical (unpaired) electrons. The summed E-state index contributed by atoms with van der Waals surface area (Å²) in [4.78, 5) is 30.0. The molecule has 2 aromatic heterocycles. The highest BCUT2D eigenvalue weighted by Gasteiger charge is 2.38. The number of nitrogens with zero attached hydrogens (tertiary/aromatic N) is 4. The molecule has 9 heteroatoms. The van der Waals surface area contributed by atoms with E-state index in [9.17, 15) is 9.59 Å². The number of carbonyl (C=O) groups is 2. The van der Waals surface area contributed by atoms with Crippen LogP contribution in [0.15, 0.2) is 17.8 Å². The second kappa shape index (κ2) is 7.40. The molecule has 0 unspecified atom stereocenters. The number of carboxylic acids is 1. The van der Waals surface area contributed by atoms with Crippen LogP contribution >= 0.6 is 11.3 Å². The quantitative estimate of drug-likeness (QED) is 0.711. The lowest BCUT2D eigenvalue weighted by Gasteiger charge is -2.42. The fraction of sp³-hybridized carbons (Fsp3) is 0.556. The summed E-state index contributed by atoms with van der Waals surface area (Å²) >= 11 is 1.42. The van der Waals surface area contributed by atoms with E-state index in [1.54, 1.807) is 16.3 Å². The molecule has 0 atom stereocenters. The third-order valence-corrected chi connectivity index (χ3v) is 6.07. The zero-order chi connectivity index (χ0) is 19.0. The lowest BCUT2D eigenvalue weighted by atomic mass is 9.85. The Morgan fingerprint density at radius 1 is 1.41 bits per heavy atom. The standard InChI is InChI=1S/C18H23N5O3S/c1-22-8-12(6-19-22)18-21-15(10-27-18)17(26)20-13-4-14(5-13)23(9-16(24)25)7-11-2-3-11/h6,8,10-11,13-14H,2-5,7,9H2,1H3,(H,20,26)(H,24,25). The minimum Gasteiger partial charge on any atom is -0.480 e. The van der Waals surface area contributed by atoms with Crippen molar-refractivity contribution in [3.63, 3.8) is 0 Å². The monoisotopic (exact) mass is 389 g/mol. The summed E-state index contributed by atoms with van der Waals surface area (Å²) in [7, 11) is 1.84. The molecule has 0 spiro atoms. The lowest BCUT2D eigenvalue weighted by Crippen LogP contribution is -2.55. The Morgan fingerprint density at radius 2 is 2.19 bits per heavy atom. The van der Waals surface area contributed by atoms with Crippen LogP contribution in [0.2, 0.25) is 0 Å². The van der Waals surface area contributed by atoms with Gasteiger partial charge in [-0.25, -0.2) is 4.98 Å². The molecule has 27 heavy (non-hydrogen) atoms. The number of carboxylic acid groups (broad SMARTS) is 1. The fourth-order valence-corrected chi connectivity index (χ4v) is 4.23. The molecular weight excluding hydrogens is 366 g/mol. The van der Waals surface area contributed by atoms with Crippen molar-refractivity contribution in [1.82, 2.24) is 25.0 Å². The highest BCUT2D eigenvalue weighted by atomic mass is 32.1. The third-order valence-electron chi connectivity index (χ3n) is 5.18. The molecule has 8 nitrogen and oxygen atoms in total. The first-order valence-corrected chi connectivity index (χ1v) is 10.1. The van der Waals surface area contributed by atoms with E-state index < -0.39 is 5.97 Å². The van der Waals surface area contributed by atoms with Gasteiger partial charge in [-0.3, -0.25) is 19.2 Å². The van der Waals surface area contributed by atoms with Crippen LogP contribution in [-0.4, -0.2) is 61.8 Å². The minimum absolute atomic E-state index is 0.0848. The molecule has 1 amide bonds. The van der Waals surface area contributed by atoms with Crippen molar-refractivity contribution in [3.8, 4) is 10.6 Å². The second-order valence-corrected chi connectivity index (χ2v) is 8.36. The number of hydrogen-bond acceptors (Lipinski definition) is 6. The Balaban J connectivity index is 1.29. The highest BCUT2D eigenvalue weighted by molar-refractivity contribution is 7.13. The van der Waals surface area contributed by atoms with Gasteiger partial charge in [0, 0.05) is 42.8 Å². The molecule has 0 aromatic carbocycles. The maximum Gasteiger partial charge on any atom is 0.317 e. The largest absolute Gasteiger partial charge is 0.480 e. The summed E-state index contributed by atoms with van der Waals surface area (Å²) in [5.74, 6) is -0.302. The number of thiazole rings is 1. The minimum atomic E-state index is -0.784. The molecule has 2 fully saturated rings. The number of aliphatic carboxylic acids is 1. The summed E-state index contributed by atoms with van der Waals surface area (Å²) in [6, 6.07) is 0.329. The van der Waals surface area contributed by atoms with Gasteiger partial charge in [-0.15, -0.1) is 11.3 Å². The zero-order valence-electron chi connectivity index (χ0n) is 15.2. The normalized spacial score (nSPS) is 21.9. The molecule has 0 bridgehead atoms. The molecular formula is C18H23N5O3S. The third kappa shape index (κ3) is 4.36. The number of nitrogens with one attached hydrogen (secondary N) is 1. The summed E-state index contributed by atoms with van der Waals surface area (Å²) in [5, 5.41) is 18.8. The Hall–Kier alpha value is -2.26. The Kier molecular flexibility index (Phi) is 4.96. The molecule has 144 valence electrons. The van der Waals surface area contributed by atoms with E-state index in [4.69, 9.17) is 5.11 Å².